The van der Waals surface area contributed by atoms with Crippen LogP contribution in [0.1, 0.15) is 43.6 Å². The molecule has 0 radical (unpaired) electrons. The Labute approximate surface area is 180 Å². The molecule has 0 bridgehead atoms. The highest BCUT2D eigenvalue weighted by Crippen LogP contribution is 2.38. The summed E-state index contributed by atoms with van der Waals surface area (Å²) in [6, 6.07) is 7.50. The van der Waals surface area contributed by atoms with E-state index in [0.29, 0.717) is 21.4 Å². The van der Waals surface area contributed by atoms with Gasteiger partial charge in [0.2, 0.25) is 11.8 Å². The van der Waals surface area contributed by atoms with Crippen molar-refractivity contribution in [2.75, 3.05) is 26.0 Å². The van der Waals surface area contributed by atoms with Gasteiger partial charge in [-0.1, -0.05) is 42.3 Å². The zero-order chi connectivity index (χ0) is 20.8. The van der Waals surface area contributed by atoms with E-state index in [1.54, 1.807) is 12.1 Å². The number of nitrogens with one attached hydrogen (secondary N) is 1. The van der Waals surface area contributed by atoms with Gasteiger partial charge in [0.15, 0.2) is 0 Å². The van der Waals surface area contributed by atoms with Gasteiger partial charge in [-0.25, -0.2) is 0 Å². The number of nitriles is 1. The molecule has 1 atom stereocenters. The van der Waals surface area contributed by atoms with Gasteiger partial charge in [-0.15, -0.1) is 0 Å². The molecule has 8 heteroatoms. The first-order valence-corrected chi connectivity index (χ1v) is 11.1. The number of likely N-dealkylation sites (tertiary alicyclic amines) is 1. The molecule has 0 aliphatic carbocycles. The number of hydrogen-bond acceptors (Lipinski definition) is 5. The van der Waals surface area contributed by atoms with Crippen molar-refractivity contribution in [1.82, 2.24) is 10.2 Å². The number of allylic oxidation sites excluding steroid dienone is 1. The molecule has 1 aromatic carbocycles. The molecule has 154 valence electrons. The quantitative estimate of drug-likeness (QED) is 0.763. The number of carbonyl (C=O) groups is 2. The third-order valence-electron chi connectivity index (χ3n) is 5.23. The van der Waals surface area contributed by atoms with Gasteiger partial charge in [-0.05, 0) is 30.5 Å². The fourth-order valence-corrected chi connectivity index (χ4v) is 4.91. The summed E-state index contributed by atoms with van der Waals surface area (Å²) in [6.07, 6.45) is 4.53. The molecule has 2 aliphatic heterocycles. The highest BCUT2D eigenvalue weighted by molar-refractivity contribution is 8.03. The van der Waals surface area contributed by atoms with Gasteiger partial charge >= 0.3 is 0 Å². The predicted molar refractivity (Wildman–Crippen MR) is 114 cm³/mol. The summed E-state index contributed by atoms with van der Waals surface area (Å²) >= 11 is 7.46. The van der Waals surface area contributed by atoms with Crippen molar-refractivity contribution in [3.8, 4) is 11.8 Å². The van der Waals surface area contributed by atoms with E-state index < -0.39 is 5.92 Å². The summed E-state index contributed by atoms with van der Waals surface area (Å²) < 4.78 is 5.18. The third kappa shape index (κ3) is 5.26. The van der Waals surface area contributed by atoms with Crippen LogP contribution in [0.5, 0.6) is 5.75 Å². The van der Waals surface area contributed by atoms with Gasteiger partial charge in [0, 0.05) is 25.4 Å². The maximum Gasteiger partial charge on any atom is 0.232 e. The summed E-state index contributed by atoms with van der Waals surface area (Å²) in [6.45, 7) is 1.56. The van der Waals surface area contributed by atoms with E-state index in [0.717, 1.165) is 44.3 Å². The first kappa shape index (κ1) is 21.5. The minimum absolute atomic E-state index is 0.0468. The van der Waals surface area contributed by atoms with Crippen molar-refractivity contribution in [1.29, 1.82) is 5.26 Å². The standard InChI is InChI=1S/C21H24ClN3O3S/c1-28-18-7-6-14(10-17(18)22)15-11-19(26)24-21(16(15)12-23)29-13-20(27)25-8-4-2-3-5-9-25/h6-7,10,15H,2-5,8-9,11,13H2,1H3,(H,24,26)/t15-/m1/s1. The number of ether oxygens (including phenoxy) is 1. The number of amides is 2. The van der Waals surface area contributed by atoms with Crippen LogP contribution in [-0.4, -0.2) is 42.7 Å². The molecule has 2 aliphatic rings. The summed E-state index contributed by atoms with van der Waals surface area (Å²) in [7, 11) is 1.53. The number of rotatable bonds is 5. The lowest BCUT2D eigenvalue weighted by Gasteiger charge is -2.26. The second-order valence-corrected chi connectivity index (χ2v) is 8.53. The molecule has 1 fully saturated rings. The van der Waals surface area contributed by atoms with Crippen molar-refractivity contribution in [2.45, 2.75) is 38.0 Å². The number of benzene rings is 1. The van der Waals surface area contributed by atoms with Gasteiger partial charge in [-0.3, -0.25) is 9.59 Å². The van der Waals surface area contributed by atoms with Crippen LogP contribution >= 0.6 is 23.4 Å². The van der Waals surface area contributed by atoms with Crippen LogP contribution in [-0.2, 0) is 9.59 Å². The second-order valence-electron chi connectivity index (χ2n) is 7.14. The molecule has 1 saturated heterocycles. The first-order valence-electron chi connectivity index (χ1n) is 9.71. The van der Waals surface area contributed by atoms with Gasteiger partial charge in [0.25, 0.3) is 0 Å². The van der Waals surface area contributed by atoms with E-state index in [-0.39, 0.29) is 24.0 Å². The molecule has 0 saturated carbocycles. The zero-order valence-corrected chi connectivity index (χ0v) is 17.9. The normalized spacial score (nSPS) is 20.0. The van der Waals surface area contributed by atoms with Crippen LogP contribution in [0.25, 0.3) is 0 Å². The van der Waals surface area contributed by atoms with Crippen molar-refractivity contribution in [2.24, 2.45) is 0 Å². The van der Waals surface area contributed by atoms with E-state index in [9.17, 15) is 14.9 Å². The largest absolute Gasteiger partial charge is 0.495 e. The Kier molecular flexibility index (Phi) is 7.45. The first-order chi connectivity index (χ1) is 14.0. The van der Waals surface area contributed by atoms with Crippen LogP contribution in [0, 0.1) is 11.3 Å². The maximum absolute atomic E-state index is 12.6. The van der Waals surface area contributed by atoms with Crippen molar-refractivity contribution < 1.29 is 14.3 Å². The van der Waals surface area contributed by atoms with Crippen molar-refractivity contribution in [3.05, 3.63) is 39.4 Å². The number of methoxy groups -OCH3 is 1. The molecular formula is C21H24ClN3O3S. The average molecular weight is 434 g/mol. The Hall–Kier alpha value is -2.17. The highest BCUT2D eigenvalue weighted by Gasteiger charge is 2.30. The SMILES string of the molecule is COc1ccc([C@H]2CC(=O)NC(SCC(=O)N3CCCCCC3)=C2C#N)cc1Cl. The zero-order valence-electron chi connectivity index (χ0n) is 16.4. The Bertz CT molecular complexity index is 857. The third-order valence-corrected chi connectivity index (χ3v) is 6.53. The van der Waals surface area contributed by atoms with Crippen LogP contribution < -0.4 is 10.1 Å². The van der Waals surface area contributed by atoms with Gasteiger partial charge in [-0.2, -0.15) is 5.26 Å². The number of carbonyl (C=O) groups excluding carboxylic acids is 2. The molecule has 29 heavy (non-hydrogen) atoms. The summed E-state index contributed by atoms with van der Waals surface area (Å²) in [4.78, 5) is 26.8. The van der Waals surface area contributed by atoms with Gasteiger partial charge in [0.1, 0.15) is 5.75 Å². The predicted octanol–water partition coefficient (Wildman–Crippen LogP) is 3.82. The molecule has 0 unspecified atom stereocenters. The van der Waals surface area contributed by atoms with E-state index in [1.165, 1.54) is 18.9 Å². The average Bonchev–Trinajstić information content (AvgIpc) is 3.01. The Morgan fingerprint density at radius 2 is 2.07 bits per heavy atom. The van der Waals surface area contributed by atoms with Gasteiger partial charge in [0.05, 0.1) is 34.6 Å². The number of thioether (sulfide) groups is 1. The van der Waals surface area contributed by atoms with Crippen LogP contribution in [0.4, 0.5) is 0 Å². The fraction of sp³-hybridized carbons (Fsp3) is 0.476. The van der Waals surface area contributed by atoms with Crippen LogP contribution in [0.2, 0.25) is 5.02 Å². The van der Waals surface area contributed by atoms with E-state index in [2.05, 4.69) is 11.4 Å². The molecule has 6 nitrogen and oxygen atoms in total. The Morgan fingerprint density at radius 1 is 1.34 bits per heavy atom. The monoisotopic (exact) mass is 433 g/mol. The molecular weight excluding hydrogens is 410 g/mol. The summed E-state index contributed by atoms with van der Waals surface area (Å²) in [5.74, 6) is 0.219. The lowest BCUT2D eigenvalue weighted by Crippen LogP contribution is -2.35. The molecule has 3 rings (SSSR count). The lowest BCUT2D eigenvalue weighted by atomic mass is 9.87. The lowest BCUT2D eigenvalue weighted by molar-refractivity contribution is -0.128. The molecule has 2 amide bonds. The van der Waals surface area contributed by atoms with E-state index >= 15 is 0 Å². The van der Waals surface area contributed by atoms with E-state index in [1.807, 2.05) is 11.0 Å². The van der Waals surface area contributed by atoms with Crippen molar-refractivity contribution >= 4 is 35.2 Å². The Balaban J connectivity index is 1.78. The summed E-state index contributed by atoms with van der Waals surface area (Å²) in [5, 5.41) is 13.4. The number of halogens is 1. The molecule has 1 aromatic rings. The topological polar surface area (TPSA) is 82.4 Å². The minimum atomic E-state index is -0.395. The molecule has 0 aromatic heterocycles. The Morgan fingerprint density at radius 3 is 2.69 bits per heavy atom. The molecule has 1 N–H and O–H groups in total. The fourth-order valence-electron chi connectivity index (χ4n) is 3.66. The molecule has 0 spiro atoms. The summed E-state index contributed by atoms with van der Waals surface area (Å²) in [5.41, 5.74) is 1.23. The van der Waals surface area contributed by atoms with E-state index in [4.69, 9.17) is 16.3 Å². The maximum atomic E-state index is 12.6. The van der Waals surface area contributed by atoms with Crippen LogP contribution in [0.15, 0.2) is 28.8 Å². The van der Waals surface area contributed by atoms with Crippen LogP contribution in [0.3, 0.4) is 0 Å². The second kappa shape index (κ2) is 10.0. The molecule has 2 heterocycles. The highest BCUT2D eigenvalue weighted by atomic mass is 35.5. The minimum Gasteiger partial charge on any atom is -0.495 e. The smallest absolute Gasteiger partial charge is 0.232 e. The van der Waals surface area contributed by atoms with Crippen molar-refractivity contribution in [3.63, 3.8) is 0 Å². The number of hydrogen-bond donors (Lipinski definition) is 1. The number of nitrogens with zero attached hydrogens (tertiary/aromatic N) is 2. The van der Waals surface area contributed by atoms with Gasteiger partial charge < -0.3 is 15.0 Å².